The quantitative estimate of drug-likeness (QED) is 0.688. The minimum absolute atomic E-state index is 0.320. The molecule has 0 aromatic heterocycles. The fourth-order valence-electron chi connectivity index (χ4n) is 2.37. The molecule has 0 unspecified atom stereocenters. The van der Waals surface area contributed by atoms with Crippen LogP contribution < -0.4 is 5.32 Å². The molecule has 1 fully saturated rings. The molecule has 0 radical (unpaired) electrons. The molecule has 1 heterocycles. The smallest absolute Gasteiger partial charge is 0.213 e. The summed E-state index contributed by atoms with van der Waals surface area (Å²) in [6.45, 7) is 4.88. The molecule has 0 bridgehead atoms. The summed E-state index contributed by atoms with van der Waals surface area (Å²) >= 11 is 0. The van der Waals surface area contributed by atoms with Crippen LogP contribution >= 0.6 is 0 Å². The first-order chi connectivity index (χ1) is 8.56. The van der Waals surface area contributed by atoms with Gasteiger partial charge >= 0.3 is 0 Å². The highest BCUT2D eigenvalue weighted by atomic mass is 32.2. The molecule has 1 N–H and O–H groups in total. The van der Waals surface area contributed by atoms with Crippen LogP contribution in [-0.4, -0.2) is 45.2 Å². The Balaban J connectivity index is 2.28. The molecule has 1 aliphatic rings. The van der Waals surface area contributed by atoms with Crippen LogP contribution in [0.15, 0.2) is 0 Å². The molecule has 5 heteroatoms. The average Bonchev–Trinajstić information content (AvgIpc) is 2.38. The minimum Gasteiger partial charge on any atom is -0.317 e. The van der Waals surface area contributed by atoms with Crippen molar-refractivity contribution in [3.8, 4) is 0 Å². The van der Waals surface area contributed by atoms with Crippen LogP contribution in [0.2, 0.25) is 0 Å². The summed E-state index contributed by atoms with van der Waals surface area (Å²) in [5, 5.41) is 3.31. The summed E-state index contributed by atoms with van der Waals surface area (Å²) in [6.07, 6.45) is 6.27. The Morgan fingerprint density at radius 3 is 2.50 bits per heavy atom. The van der Waals surface area contributed by atoms with Crippen LogP contribution in [0.25, 0.3) is 0 Å². The third-order valence-electron chi connectivity index (χ3n) is 3.79. The predicted molar refractivity (Wildman–Crippen MR) is 76.2 cm³/mol. The van der Waals surface area contributed by atoms with Crippen molar-refractivity contribution in [3.05, 3.63) is 0 Å². The van der Waals surface area contributed by atoms with Crippen molar-refractivity contribution in [2.45, 2.75) is 45.4 Å². The number of hydrogen-bond acceptors (Lipinski definition) is 3. The lowest BCUT2D eigenvalue weighted by atomic mass is 9.96. The second-order valence-electron chi connectivity index (χ2n) is 5.33. The monoisotopic (exact) mass is 276 g/mol. The van der Waals surface area contributed by atoms with Gasteiger partial charge in [-0.1, -0.05) is 19.8 Å². The molecule has 0 aromatic rings. The molecule has 1 rings (SSSR count). The van der Waals surface area contributed by atoms with Gasteiger partial charge in [0.1, 0.15) is 0 Å². The lowest BCUT2D eigenvalue weighted by molar-refractivity contribution is 0.362. The molecule has 0 atom stereocenters. The first kappa shape index (κ1) is 15.9. The van der Waals surface area contributed by atoms with Crippen LogP contribution in [0, 0.1) is 5.92 Å². The zero-order valence-corrected chi connectivity index (χ0v) is 12.6. The van der Waals surface area contributed by atoms with Gasteiger partial charge < -0.3 is 5.32 Å². The number of sulfonamides is 1. The van der Waals surface area contributed by atoms with E-state index in [1.165, 1.54) is 0 Å². The Bertz CT molecular complexity index is 311. The number of nitrogens with zero attached hydrogens (tertiary/aromatic N) is 1. The number of piperidine rings is 1. The summed E-state index contributed by atoms with van der Waals surface area (Å²) in [5.74, 6) is 0.908. The van der Waals surface area contributed by atoms with E-state index in [9.17, 15) is 8.42 Å². The van der Waals surface area contributed by atoms with Gasteiger partial charge in [0.2, 0.25) is 10.0 Å². The molecule has 4 nitrogen and oxygen atoms in total. The van der Waals surface area contributed by atoms with Crippen molar-refractivity contribution in [2.24, 2.45) is 5.92 Å². The zero-order chi connectivity index (χ0) is 13.4. The van der Waals surface area contributed by atoms with Gasteiger partial charge in [0.15, 0.2) is 0 Å². The largest absolute Gasteiger partial charge is 0.317 e. The SMILES string of the molecule is CCCCCN(C)S(=O)(=O)CCC1CCNCC1. The van der Waals surface area contributed by atoms with Gasteiger partial charge in [0.25, 0.3) is 0 Å². The Hall–Kier alpha value is -0.130. The fraction of sp³-hybridized carbons (Fsp3) is 1.00. The Morgan fingerprint density at radius 2 is 1.89 bits per heavy atom. The van der Waals surface area contributed by atoms with E-state index >= 15 is 0 Å². The lowest BCUT2D eigenvalue weighted by Crippen LogP contribution is -2.33. The molecule has 18 heavy (non-hydrogen) atoms. The first-order valence-corrected chi connectivity index (χ1v) is 8.82. The third-order valence-corrected chi connectivity index (χ3v) is 5.68. The van der Waals surface area contributed by atoms with Gasteiger partial charge in [-0.05, 0) is 44.7 Å². The molecule has 1 saturated heterocycles. The summed E-state index contributed by atoms with van der Waals surface area (Å²) in [4.78, 5) is 0. The van der Waals surface area contributed by atoms with Gasteiger partial charge in [-0.15, -0.1) is 0 Å². The summed E-state index contributed by atoms with van der Waals surface area (Å²) in [7, 11) is -1.31. The highest BCUT2D eigenvalue weighted by molar-refractivity contribution is 7.89. The van der Waals surface area contributed by atoms with Gasteiger partial charge in [0, 0.05) is 13.6 Å². The second kappa shape index (κ2) is 8.12. The summed E-state index contributed by atoms with van der Waals surface area (Å²) in [5.41, 5.74) is 0. The van der Waals surface area contributed by atoms with Gasteiger partial charge in [0.05, 0.1) is 5.75 Å². The maximum atomic E-state index is 12.1. The molecular formula is C13H28N2O2S. The van der Waals surface area contributed by atoms with E-state index in [1.807, 2.05) is 0 Å². The number of unbranched alkanes of at least 4 members (excludes halogenated alkanes) is 2. The maximum Gasteiger partial charge on any atom is 0.213 e. The summed E-state index contributed by atoms with van der Waals surface area (Å²) < 4.78 is 25.7. The van der Waals surface area contributed by atoms with Crippen molar-refractivity contribution < 1.29 is 8.42 Å². The predicted octanol–water partition coefficient (Wildman–Crippen LogP) is 1.83. The van der Waals surface area contributed by atoms with E-state index in [0.717, 1.165) is 51.6 Å². The van der Waals surface area contributed by atoms with Crippen LogP contribution in [-0.2, 0) is 10.0 Å². The van der Waals surface area contributed by atoms with Gasteiger partial charge in [-0.25, -0.2) is 12.7 Å². The Labute approximate surface area is 112 Å². The topological polar surface area (TPSA) is 49.4 Å². The zero-order valence-electron chi connectivity index (χ0n) is 11.8. The van der Waals surface area contributed by atoms with Crippen molar-refractivity contribution >= 4 is 10.0 Å². The minimum atomic E-state index is -3.03. The Kier molecular flexibility index (Phi) is 7.19. The van der Waals surface area contributed by atoms with Crippen molar-refractivity contribution in [1.82, 2.24) is 9.62 Å². The van der Waals surface area contributed by atoms with Crippen molar-refractivity contribution in [2.75, 3.05) is 32.4 Å². The van der Waals surface area contributed by atoms with Crippen LogP contribution in [0.4, 0.5) is 0 Å². The Morgan fingerprint density at radius 1 is 1.22 bits per heavy atom. The van der Waals surface area contributed by atoms with Crippen molar-refractivity contribution in [1.29, 1.82) is 0 Å². The normalized spacial score (nSPS) is 18.4. The van der Waals surface area contributed by atoms with Gasteiger partial charge in [-0.2, -0.15) is 0 Å². The molecule has 0 amide bonds. The van der Waals surface area contributed by atoms with E-state index in [0.29, 0.717) is 18.2 Å². The molecule has 1 aliphatic heterocycles. The molecular weight excluding hydrogens is 248 g/mol. The van der Waals surface area contributed by atoms with Gasteiger partial charge in [-0.3, -0.25) is 0 Å². The molecule has 0 saturated carbocycles. The molecule has 108 valence electrons. The van der Waals surface area contributed by atoms with Crippen LogP contribution in [0.1, 0.15) is 45.4 Å². The number of nitrogens with one attached hydrogen (secondary N) is 1. The van der Waals surface area contributed by atoms with Crippen molar-refractivity contribution in [3.63, 3.8) is 0 Å². The highest BCUT2D eigenvalue weighted by Gasteiger charge is 2.20. The summed E-state index contributed by atoms with van der Waals surface area (Å²) in [6, 6.07) is 0. The van der Waals surface area contributed by atoms with E-state index in [1.54, 1.807) is 11.4 Å². The third kappa shape index (κ3) is 5.67. The highest BCUT2D eigenvalue weighted by Crippen LogP contribution is 2.17. The van der Waals surface area contributed by atoms with E-state index in [-0.39, 0.29) is 0 Å². The molecule has 0 aromatic carbocycles. The first-order valence-electron chi connectivity index (χ1n) is 7.21. The van der Waals surface area contributed by atoms with E-state index in [2.05, 4.69) is 12.2 Å². The van der Waals surface area contributed by atoms with Crippen LogP contribution in [0.5, 0.6) is 0 Å². The maximum absolute atomic E-state index is 12.1. The van der Waals surface area contributed by atoms with Crippen LogP contribution in [0.3, 0.4) is 0 Å². The second-order valence-corrected chi connectivity index (χ2v) is 7.52. The molecule has 0 aliphatic carbocycles. The van der Waals surface area contributed by atoms with E-state index in [4.69, 9.17) is 0 Å². The number of rotatable bonds is 8. The average molecular weight is 276 g/mol. The lowest BCUT2D eigenvalue weighted by Gasteiger charge is -2.24. The van der Waals surface area contributed by atoms with E-state index < -0.39 is 10.0 Å². The standard InChI is InChI=1S/C13H28N2O2S/c1-3-4-5-11-15(2)18(16,17)12-8-13-6-9-14-10-7-13/h13-14H,3-12H2,1-2H3. The molecule has 0 spiro atoms. The fourth-order valence-corrected chi connectivity index (χ4v) is 3.72. The number of hydrogen-bond donors (Lipinski definition) is 1.